The monoisotopic (exact) mass is 205 g/mol. The van der Waals surface area contributed by atoms with Gasteiger partial charge in [-0.1, -0.05) is 0 Å². The molecule has 1 aromatic heterocycles. The number of halogens is 1. The Morgan fingerprint density at radius 1 is 1.54 bits per heavy atom. The van der Waals surface area contributed by atoms with Crippen LogP contribution in [0.25, 0.3) is 0 Å². The van der Waals surface area contributed by atoms with Gasteiger partial charge >= 0.3 is 16.2 Å². The predicted octanol–water partition coefficient (Wildman–Crippen LogP) is 0.438. The summed E-state index contributed by atoms with van der Waals surface area (Å²) in [6.07, 6.45) is 1.07. The molecule has 0 aliphatic rings. The van der Waals surface area contributed by atoms with Crippen molar-refractivity contribution in [3.8, 4) is 0 Å². The third-order valence-corrected chi connectivity index (χ3v) is 2.09. The second-order valence-electron chi connectivity index (χ2n) is 2.09. The molecule has 13 heavy (non-hydrogen) atoms. The molecule has 1 rings (SSSR count). The number of aromatic nitrogens is 1. The summed E-state index contributed by atoms with van der Waals surface area (Å²) in [5, 5.41) is 8.44. The zero-order valence-electron chi connectivity index (χ0n) is 6.14. The lowest BCUT2D eigenvalue weighted by Gasteiger charge is -1.97. The first kappa shape index (κ1) is 9.59. The van der Waals surface area contributed by atoms with Crippen molar-refractivity contribution in [2.24, 2.45) is 0 Å². The van der Waals surface area contributed by atoms with Gasteiger partial charge in [0.15, 0.2) is 5.69 Å². The second kappa shape index (κ2) is 3.09. The van der Waals surface area contributed by atoms with E-state index in [2.05, 4.69) is 4.98 Å². The Kier molecular flexibility index (Phi) is 2.28. The average Bonchev–Trinajstić information content (AvgIpc) is 2.03. The van der Waals surface area contributed by atoms with Crippen LogP contribution >= 0.6 is 0 Å². The zero-order chi connectivity index (χ0) is 10.1. The minimum atomic E-state index is -5.02. The molecule has 1 N–H and O–H groups in total. The maximum absolute atomic E-state index is 12.4. The molecule has 0 aliphatic heterocycles. The van der Waals surface area contributed by atoms with E-state index < -0.39 is 26.8 Å². The number of hydrogen-bond acceptors (Lipinski definition) is 4. The number of aromatic carboxylic acids is 1. The van der Waals surface area contributed by atoms with Crippen LogP contribution in [0.3, 0.4) is 0 Å². The van der Waals surface area contributed by atoms with Crippen molar-refractivity contribution in [3.05, 3.63) is 24.0 Å². The van der Waals surface area contributed by atoms with Gasteiger partial charge in [-0.15, -0.1) is 3.89 Å². The molecule has 0 atom stereocenters. The fraction of sp³-hybridized carbons (Fsp3) is 0. The largest absolute Gasteiger partial charge is 0.476 e. The van der Waals surface area contributed by atoms with E-state index in [-0.39, 0.29) is 0 Å². The van der Waals surface area contributed by atoms with Crippen LogP contribution in [-0.2, 0) is 10.2 Å². The van der Waals surface area contributed by atoms with Gasteiger partial charge in [0.2, 0.25) is 0 Å². The van der Waals surface area contributed by atoms with E-state index in [1.807, 2.05) is 0 Å². The highest BCUT2D eigenvalue weighted by Crippen LogP contribution is 2.14. The summed E-state index contributed by atoms with van der Waals surface area (Å²) in [6, 6.07) is 1.98. The Hall–Kier alpha value is -1.50. The Morgan fingerprint density at radius 3 is 2.54 bits per heavy atom. The summed E-state index contributed by atoms with van der Waals surface area (Å²) in [5.41, 5.74) is -0.815. The summed E-state index contributed by atoms with van der Waals surface area (Å²) in [7, 11) is -5.02. The molecule has 0 spiro atoms. The fourth-order valence-corrected chi connectivity index (χ4v) is 1.36. The van der Waals surface area contributed by atoms with Crippen molar-refractivity contribution < 1.29 is 22.2 Å². The summed E-state index contributed by atoms with van der Waals surface area (Å²) in [5.74, 6) is -1.59. The van der Waals surface area contributed by atoms with Crippen LogP contribution in [0.1, 0.15) is 10.5 Å². The first-order valence-corrected chi connectivity index (χ1v) is 4.44. The number of carboxylic acids is 1. The van der Waals surface area contributed by atoms with E-state index in [9.17, 15) is 17.1 Å². The minimum Gasteiger partial charge on any atom is -0.476 e. The van der Waals surface area contributed by atoms with Gasteiger partial charge in [-0.05, 0) is 12.1 Å². The Morgan fingerprint density at radius 2 is 2.15 bits per heavy atom. The van der Waals surface area contributed by atoms with Crippen molar-refractivity contribution >= 4 is 16.2 Å². The van der Waals surface area contributed by atoms with Crippen LogP contribution in [0.15, 0.2) is 23.2 Å². The Bertz CT molecular complexity index is 442. The van der Waals surface area contributed by atoms with Crippen LogP contribution in [0.2, 0.25) is 0 Å². The highest BCUT2D eigenvalue weighted by molar-refractivity contribution is 7.86. The zero-order valence-corrected chi connectivity index (χ0v) is 6.95. The Labute approximate surface area is 73.1 Å². The standard InChI is InChI=1S/C6H4FNO4S/c7-13(11,12)4-2-1-3-8-5(4)6(9)10/h1-3H,(H,9,10). The molecule has 5 nitrogen and oxygen atoms in total. The summed E-state index contributed by atoms with van der Waals surface area (Å²) >= 11 is 0. The first-order chi connectivity index (χ1) is 5.93. The van der Waals surface area contributed by atoms with E-state index in [0.29, 0.717) is 0 Å². The summed E-state index contributed by atoms with van der Waals surface area (Å²) in [4.78, 5) is 12.7. The van der Waals surface area contributed by atoms with Gasteiger partial charge in [0.1, 0.15) is 4.90 Å². The van der Waals surface area contributed by atoms with Crippen molar-refractivity contribution in [1.82, 2.24) is 4.98 Å². The van der Waals surface area contributed by atoms with Gasteiger partial charge in [-0.3, -0.25) is 0 Å². The highest BCUT2D eigenvalue weighted by atomic mass is 32.3. The molecule has 0 amide bonds. The molecule has 0 bridgehead atoms. The van der Waals surface area contributed by atoms with Crippen molar-refractivity contribution in [2.45, 2.75) is 4.90 Å². The first-order valence-electron chi connectivity index (χ1n) is 3.06. The number of pyridine rings is 1. The van der Waals surface area contributed by atoms with Crippen LogP contribution < -0.4 is 0 Å². The third kappa shape index (κ3) is 2.00. The van der Waals surface area contributed by atoms with E-state index >= 15 is 0 Å². The van der Waals surface area contributed by atoms with E-state index in [4.69, 9.17) is 5.11 Å². The Balaban J connectivity index is 3.46. The van der Waals surface area contributed by atoms with Gasteiger partial charge in [0, 0.05) is 6.20 Å². The lowest BCUT2D eigenvalue weighted by Crippen LogP contribution is -2.07. The summed E-state index contributed by atoms with van der Waals surface area (Å²) in [6.45, 7) is 0. The smallest absolute Gasteiger partial charge is 0.355 e. The summed E-state index contributed by atoms with van der Waals surface area (Å²) < 4.78 is 33.2. The number of nitrogens with zero attached hydrogens (tertiary/aromatic N) is 1. The second-order valence-corrected chi connectivity index (χ2v) is 3.41. The van der Waals surface area contributed by atoms with E-state index in [1.165, 1.54) is 0 Å². The van der Waals surface area contributed by atoms with Crippen molar-refractivity contribution in [3.63, 3.8) is 0 Å². The molecule has 0 aromatic carbocycles. The lowest BCUT2D eigenvalue weighted by atomic mass is 10.3. The van der Waals surface area contributed by atoms with Crippen LogP contribution in [0.5, 0.6) is 0 Å². The topological polar surface area (TPSA) is 84.3 Å². The maximum Gasteiger partial charge on any atom is 0.355 e. The quantitative estimate of drug-likeness (QED) is 0.708. The van der Waals surface area contributed by atoms with Gasteiger partial charge in [0.25, 0.3) is 0 Å². The van der Waals surface area contributed by atoms with E-state index in [0.717, 1.165) is 18.3 Å². The SMILES string of the molecule is O=C(O)c1ncccc1S(=O)(=O)F. The number of rotatable bonds is 2. The molecule has 0 aliphatic carbocycles. The molecule has 0 saturated carbocycles. The molecule has 0 fully saturated rings. The lowest BCUT2D eigenvalue weighted by molar-refractivity contribution is 0.0685. The molecule has 1 heterocycles. The minimum absolute atomic E-state index is 0.815. The molecule has 0 unspecified atom stereocenters. The predicted molar refractivity (Wildman–Crippen MR) is 39.5 cm³/mol. The molecular weight excluding hydrogens is 201 g/mol. The number of hydrogen-bond donors (Lipinski definition) is 1. The molecule has 70 valence electrons. The normalized spacial score (nSPS) is 11.2. The van der Waals surface area contributed by atoms with Gasteiger partial charge in [-0.2, -0.15) is 8.42 Å². The van der Waals surface area contributed by atoms with Crippen molar-refractivity contribution in [2.75, 3.05) is 0 Å². The van der Waals surface area contributed by atoms with Gasteiger partial charge in [0.05, 0.1) is 0 Å². The molecule has 0 radical (unpaired) electrons. The third-order valence-electron chi connectivity index (χ3n) is 1.24. The van der Waals surface area contributed by atoms with Gasteiger partial charge < -0.3 is 5.11 Å². The van der Waals surface area contributed by atoms with Crippen LogP contribution in [-0.4, -0.2) is 24.5 Å². The number of carbonyl (C=O) groups is 1. The average molecular weight is 205 g/mol. The highest BCUT2D eigenvalue weighted by Gasteiger charge is 2.21. The van der Waals surface area contributed by atoms with Crippen molar-refractivity contribution in [1.29, 1.82) is 0 Å². The van der Waals surface area contributed by atoms with Crippen LogP contribution in [0, 0.1) is 0 Å². The number of carboxylic acid groups (broad SMARTS) is 1. The van der Waals surface area contributed by atoms with Gasteiger partial charge in [-0.25, -0.2) is 9.78 Å². The molecule has 1 aromatic rings. The maximum atomic E-state index is 12.4. The molecule has 7 heteroatoms. The van der Waals surface area contributed by atoms with E-state index in [1.54, 1.807) is 0 Å². The molecule has 0 saturated heterocycles. The molecular formula is C6H4FNO4S. The van der Waals surface area contributed by atoms with Crippen LogP contribution in [0.4, 0.5) is 3.89 Å². The fourth-order valence-electron chi connectivity index (χ4n) is 0.748.